The van der Waals surface area contributed by atoms with Crippen molar-refractivity contribution < 1.29 is 22.5 Å². The van der Waals surface area contributed by atoms with Gasteiger partial charge in [0.1, 0.15) is 16.4 Å². The van der Waals surface area contributed by atoms with Gasteiger partial charge in [-0.25, -0.2) is 13.4 Å². The van der Waals surface area contributed by atoms with E-state index in [4.69, 9.17) is 9.26 Å². The third-order valence-corrected chi connectivity index (χ3v) is 7.42. The van der Waals surface area contributed by atoms with Gasteiger partial charge in [-0.2, -0.15) is 9.29 Å². The highest BCUT2D eigenvalue weighted by molar-refractivity contribution is 7.89. The van der Waals surface area contributed by atoms with Crippen LogP contribution in [0.5, 0.6) is 5.88 Å². The molecule has 10 nitrogen and oxygen atoms in total. The van der Waals surface area contributed by atoms with Crippen LogP contribution in [0, 0.1) is 26.7 Å². The number of carbonyl (C=O) groups is 1. The number of aryl methyl sites for hydroxylation is 3. The zero-order chi connectivity index (χ0) is 20.2. The van der Waals surface area contributed by atoms with Crippen molar-refractivity contribution in [1.29, 1.82) is 0 Å². The Balaban J connectivity index is 1.61. The van der Waals surface area contributed by atoms with Crippen LogP contribution in [0.1, 0.15) is 17.3 Å². The van der Waals surface area contributed by atoms with Crippen LogP contribution in [-0.2, 0) is 14.8 Å². The molecule has 28 heavy (non-hydrogen) atoms. The van der Waals surface area contributed by atoms with Gasteiger partial charge in [0.05, 0.1) is 6.04 Å². The lowest BCUT2D eigenvalue weighted by atomic mass is 10.0. The average Bonchev–Trinajstić information content (AvgIpc) is 3.27. The van der Waals surface area contributed by atoms with E-state index in [1.807, 2.05) is 0 Å². The number of nitrogens with zero attached hydrogens (tertiary/aromatic N) is 5. The van der Waals surface area contributed by atoms with Crippen molar-refractivity contribution in [1.82, 2.24) is 24.3 Å². The molecule has 2 fully saturated rings. The molecule has 3 atom stereocenters. The molecule has 0 spiro atoms. The summed E-state index contributed by atoms with van der Waals surface area (Å²) in [7, 11) is -2.12. The number of fused-ring (bicyclic) bond motifs is 1. The summed E-state index contributed by atoms with van der Waals surface area (Å²) in [6.45, 7) is 5.26. The lowest BCUT2D eigenvalue weighted by Crippen LogP contribution is -2.40. The molecule has 0 aromatic carbocycles. The van der Waals surface area contributed by atoms with Gasteiger partial charge >= 0.3 is 0 Å². The summed E-state index contributed by atoms with van der Waals surface area (Å²) < 4.78 is 38.5. The van der Waals surface area contributed by atoms with Gasteiger partial charge in [-0.15, -0.1) is 0 Å². The number of likely N-dealkylation sites (N-methyl/N-ethyl adjacent to an activating group) is 1. The van der Waals surface area contributed by atoms with Gasteiger partial charge in [-0.3, -0.25) is 4.79 Å². The first kappa shape index (κ1) is 18.8. The van der Waals surface area contributed by atoms with Gasteiger partial charge in [-0.1, -0.05) is 5.16 Å². The molecule has 0 radical (unpaired) electrons. The number of hydrogen-bond acceptors (Lipinski definition) is 8. The fraction of sp³-hybridized carbons (Fsp3) is 0.529. The van der Waals surface area contributed by atoms with Crippen molar-refractivity contribution in [3.63, 3.8) is 0 Å². The Morgan fingerprint density at radius 2 is 2.00 bits per heavy atom. The first-order chi connectivity index (χ1) is 13.2. The van der Waals surface area contributed by atoms with Gasteiger partial charge in [-0.05, 0) is 20.8 Å². The van der Waals surface area contributed by atoms with E-state index in [2.05, 4.69) is 15.1 Å². The van der Waals surface area contributed by atoms with Crippen LogP contribution in [0.15, 0.2) is 21.7 Å². The molecule has 2 aromatic rings. The molecule has 2 aromatic heterocycles. The molecule has 4 heterocycles. The maximum Gasteiger partial charge on any atom is 0.264 e. The lowest BCUT2D eigenvalue weighted by molar-refractivity contribution is -0.133. The minimum atomic E-state index is -3.78. The Labute approximate surface area is 162 Å². The summed E-state index contributed by atoms with van der Waals surface area (Å²) in [4.78, 5) is 22.5. The van der Waals surface area contributed by atoms with Gasteiger partial charge in [0.15, 0.2) is 11.9 Å². The third-order valence-electron chi connectivity index (χ3n) is 5.34. The first-order valence-electron chi connectivity index (χ1n) is 8.86. The molecule has 0 N–H and O–H groups in total. The molecular formula is C17H21N5O5S. The second-order valence-electron chi connectivity index (χ2n) is 7.14. The zero-order valence-electron chi connectivity index (χ0n) is 16.0. The highest BCUT2D eigenvalue weighted by Crippen LogP contribution is 2.37. The second kappa shape index (κ2) is 6.52. The molecule has 0 saturated carbocycles. The van der Waals surface area contributed by atoms with E-state index in [1.165, 1.54) is 4.31 Å². The molecule has 0 bridgehead atoms. The monoisotopic (exact) mass is 407 g/mol. The van der Waals surface area contributed by atoms with Crippen LogP contribution >= 0.6 is 0 Å². The fourth-order valence-electron chi connectivity index (χ4n) is 3.97. The van der Waals surface area contributed by atoms with Crippen LogP contribution in [0.2, 0.25) is 0 Å². The van der Waals surface area contributed by atoms with Crippen molar-refractivity contribution in [3.05, 3.63) is 29.5 Å². The lowest BCUT2D eigenvalue weighted by Gasteiger charge is -2.21. The van der Waals surface area contributed by atoms with Crippen LogP contribution < -0.4 is 4.74 Å². The molecule has 0 aliphatic carbocycles. The van der Waals surface area contributed by atoms with Gasteiger partial charge in [0, 0.05) is 38.3 Å². The Kier molecular flexibility index (Phi) is 4.38. The molecule has 11 heteroatoms. The quantitative estimate of drug-likeness (QED) is 0.710. The van der Waals surface area contributed by atoms with E-state index in [9.17, 15) is 13.2 Å². The highest BCUT2D eigenvalue weighted by atomic mass is 32.2. The summed E-state index contributed by atoms with van der Waals surface area (Å²) in [5.41, 5.74) is 0.322. The second-order valence-corrected chi connectivity index (χ2v) is 9.01. The van der Waals surface area contributed by atoms with Crippen molar-refractivity contribution in [2.24, 2.45) is 5.92 Å². The van der Waals surface area contributed by atoms with E-state index in [-0.39, 0.29) is 41.6 Å². The van der Waals surface area contributed by atoms with Crippen molar-refractivity contribution in [2.45, 2.75) is 37.8 Å². The number of aromatic nitrogens is 3. The Bertz CT molecular complexity index is 1020. The van der Waals surface area contributed by atoms with E-state index < -0.39 is 16.1 Å². The Hall–Kier alpha value is -2.53. The first-order valence-corrected chi connectivity index (χ1v) is 10.3. The fourth-order valence-corrected chi connectivity index (χ4v) is 5.75. The average molecular weight is 407 g/mol. The normalized spacial score (nSPS) is 25.4. The number of sulfonamides is 1. The standard InChI is InChI=1S/C17H21N5O5S/c1-9-16(10(2)27-20-9)28(24,25)22-7-12-13(8-22)21(4)17(23)15(12)26-14-5-6-18-11(3)19-14/h5-6,12-13,15H,7-8H2,1-4H3/t12-,13+,15-/m0/s1. The van der Waals surface area contributed by atoms with Gasteiger partial charge in [0.2, 0.25) is 15.9 Å². The molecule has 2 aliphatic heterocycles. The molecule has 2 aliphatic rings. The van der Waals surface area contributed by atoms with E-state index >= 15 is 0 Å². The summed E-state index contributed by atoms with van der Waals surface area (Å²) >= 11 is 0. The zero-order valence-corrected chi connectivity index (χ0v) is 16.8. The minimum absolute atomic E-state index is 0.0883. The molecule has 2 saturated heterocycles. The molecule has 1 amide bonds. The molecule has 150 valence electrons. The molecule has 4 rings (SSSR count). The summed E-state index contributed by atoms with van der Waals surface area (Å²) in [6.07, 6.45) is 0.760. The van der Waals surface area contributed by atoms with Gasteiger partial charge < -0.3 is 14.2 Å². The van der Waals surface area contributed by atoms with Crippen molar-refractivity contribution in [3.8, 4) is 5.88 Å². The van der Waals surface area contributed by atoms with E-state index in [0.29, 0.717) is 17.4 Å². The maximum absolute atomic E-state index is 13.1. The van der Waals surface area contributed by atoms with Crippen LogP contribution in [0.3, 0.4) is 0 Å². The number of hydrogen-bond donors (Lipinski definition) is 0. The maximum atomic E-state index is 13.1. The largest absolute Gasteiger partial charge is 0.464 e. The topological polar surface area (TPSA) is 119 Å². The van der Waals surface area contributed by atoms with Crippen molar-refractivity contribution >= 4 is 15.9 Å². The summed E-state index contributed by atoms with van der Waals surface area (Å²) in [5.74, 6) is 0.598. The number of ether oxygens (including phenoxy) is 1. The van der Waals surface area contributed by atoms with E-state index in [1.54, 1.807) is 45.0 Å². The predicted molar refractivity (Wildman–Crippen MR) is 96.0 cm³/mol. The smallest absolute Gasteiger partial charge is 0.264 e. The third kappa shape index (κ3) is 2.85. The summed E-state index contributed by atoms with van der Waals surface area (Å²) in [5, 5.41) is 3.75. The minimum Gasteiger partial charge on any atom is -0.464 e. The number of likely N-dealkylation sites (tertiary alicyclic amines) is 1. The number of amides is 1. The van der Waals surface area contributed by atoms with Crippen LogP contribution in [0.25, 0.3) is 0 Å². The van der Waals surface area contributed by atoms with Crippen LogP contribution in [0.4, 0.5) is 0 Å². The number of carbonyl (C=O) groups excluding carboxylic acids is 1. The van der Waals surface area contributed by atoms with Crippen LogP contribution in [-0.4, -0.2) is 70.9 Å². The molecular weight excluding hydrogens is 386 g/mol. The van der Waals surface area contributed by atoms with Gasteiger partial charge in [0.25, 0.3) is 5.91 Å². The highest BCUT2D eigenvalue weighted by Gasteiger charge is 2.55. The number of rotatable bonds is 4. The Morgan fingerprint density at radius 1 is 1.25 bits per heavy atom. The Morgan fingerprint density at radius 3 is 2.64 bits per heavy atom. The van der Waals surface area contributed by atoms with Crippen molar-refractivity contribution in [2.75, 3.05) is 20.1 Å². The SMILES string of the molecule is Cc1nccc(O[C@@H]2C(=O)N(C)[C@@H]3CN(S(=O)(=O)c4c(C)noc4C)C[C@H]23)n1. The molecule has 0 unspecified atom stereocenters. The van der Waals surface area contributed by atoms with E-state index in [0.717, 1.165) is 0 Å². The predicted octanol–water partition coefficient (Wildman–Crippen LogP) is 0.299. The summed E-state index contributed by atoms with van der Waals surface area (Å²) in [6, 6.07) is 1.32.